The summed E-state index contributed by atoms with van der Waals surface area (Å²) < 4.78 is 0. The van der Waals surface area contributed by atoms with Gasteiger partial charge in [0, 0.05) is 39.6 Å². The van der Waals surface area contributed by atoms with Crippen molar-refractivity contribution < 1.29 is 4.79 Å². The highest BCUT2D eigenvalue weighted by Gasteiger charge is 2.23. The second-order valence-corrected chi connectivity index (χ2v) is 7.12. The van der Waals surface area contributed by atoms with Crippen LogP contribution in [0.3, 0.4) is 0 Å². The van der Waals surface area contributed by atoms with Gasteiger partial charge in [-0.25, -0.2) is 0 Å². The van der Waals surface area contributed by atoms with Gasteiger partial charge in [0.1, 0.15) is 0 Å². The predicted molar refractivity (Wildman–Crippen MR) is 110 cm³/mol. The Labute approximate surface area is 163 Å². The van der Waals surface area contributed by atoms with E-state index < -0.39 is 0 Å². The second-order valence-electron chi connectivity index (χ2n) is 7.12. The number of piperidine rings is 2. The number of likely N-dealkylation sites (tertiary alicyclic amines) is 2. The molecular weight excluding hydrogens is 417 g/mol. The highest BCUT2D eigenvalue weighted by atomic mass is 127. The lowest BCUT2D eigenvalue weighted by atomic mass is 9.95. The van der Waals surface area contributed by atoms with Crippen molar-refractivity contribution in [1.29, 1.82) is 0 Å². The van der Waals surface area contributed by atoms with Gasteiger partial charge in [0.25, 0.3) is 0 Å². The number of amides is 1. The lowest BCUT2D eigenvalue weighted by molar-refractivity contribution is -0.119. The lowest BCUT2D eigenvalue weighted by Gasteiger charge is -2.35. The van der Waals surface area contributed by atoms with Crippen LogP contribution in [0.5, 0.6) is 0 Å². The van der Waals surface area contributed by atoms with E-state index in [1.54, 1.807) is 0 Å². The van der Waals surface area contributed by atoms with Crippen LogP contribution in [0.4, 0.5) is 0 Å². The molecule has 0 spiro atoms. The summed E-state index contributed by atoms with van der Waals surface area (Å²) in [5.74, 6) is 2.01. The smallest absolute Gasteiger partial charge is 0.217 e. The maximum Gasteiger partial charge on any atom is 0.217 e. The monoisotopic (exact) mass is 451 g/mol. The molecule has 0 aliphatic carbocycles. The van der Waals surface area contributed by atoms with Gasteiger partial charge in [0.2, 0.25) is 5.91 Å². The molecule has 2 heterocycles. The van der Waals surface area contributed by atoms with Gasteiger partial charge >= 0.3 is 0 Å². The minimum atomic E-state index is -0.195. The molecule has 2 saturated heterocycles. The normalized spacial score (nSPS) is 23.7. The quantitative estimate of drug-likeness (QED) is 0.378. The molecule has 0 radical (unpaired) electrons. The lowest BCUT2D eigenvalue weighted by Crippen LogP contribution is -2.49. The predicted octanol–water partition coefficient (Wildman–Crippen LogP) is 1.50. The minimum Gasteiger partial charge on any atom is -0.370 e. The van der Waals surface area contributed by atoms with E-state index in [0.717, 1.165) is 50.9 Å². The average Bonchev–Trinajstić information content (AvgIpc) is 2.53. The van der Waals surface area contributed by atoms with Crippen LogP contribution >= 0.6 is 24.0 Å². The second kappa shape index (κ2) is 11.1. The number of halogens is 1. The van der Waals surface area contributed by atoms with Crippen molar-refractivity contribution in [3.63, 3.8) is 0 Å². The third kappa shape index (κ3) is 7.13. The Hall–Kier alpha value is -0.570. The molecule has 2 rings (SSSR count). The van der Waals surface area contributed by atoms with E-state index >= 15 is 0 Å². The zero-order valence-electron chi connectivity index (χ0n) is 15.2. The molecule has 2 aliphatic heterocycles. The summed E-state index contributed by atoms with van der Waals surface area (Å²) in [6.07, 6.45) is 5.30. The zero-order chi connectivity index (χ0) is 16.7. The van der Waals surface area contributed by atoms with Crippen LogP contribution in [0.15, 0.2) is 4.99 Å². The van der Waals surface area contributed by atoms with Crippen molar-refractivity contribution in [2.75, 3.05) is 46.3 Å². The fourth-order valence-corrected chi connectivity index (χ4v) is 3.65. The summed E-state index contributed by atoms with van der Waals surface area (Å²) in [6, 6.07) is 0. The van der Waals surface area contributed by atoms with Crippen molar-refractivity contribution in [3.8, 4) is 0 Å². The summed E-state index contributed by atoms with van der Waals surface area (Å²) in [5.41, 5.74) is 5.34. The van der Waals surface area contributed by atoms with Crippen LogP contribution in [0.1, 0.15) is 39.0 Å². The number of hydrogen-bond acceptors (Lipinski definition) is 3. The fourth-order valence-electron chi connectivity index (χ4n) is 3.65. The van der Waals surface area contributed by atoms with Gasteiger partial charge < -0.3 is 20.9 Å². The van der Waals surface area contributed by atoms with E-state index in [1.165, 1.54) is 25.9 Å². The Balaban J connectivity index is 0.00000288. The first-order valence-corrected chi connectivity index (χ1v) is 9.04. The zero-order valence-corrected chi connectivity index (χ0v) is 17.5. The van der Waals surface area contributed by atoms with Gasteiger partial charge in [-0.2, -0.15) is 0 Å². The Morgan fingerprint density at radius 3 is 2.58 bits per heavy atom. The maximum absolute atomic E-state index is 11.1. The summed E-state index contributed by atoms with van der Waals surface area (Å²) in [7, 11) is 1.84. The van der Waals surface area contributed by atoms with Crippen molar-refractivity contribution in [2.24, 2.45) is 22.6 Å². The fraction of sp³-hybridized carbons (Fsp3) is 0.882. The Kier molecular flexibility index (Phi) is 9.95. The van der Waals surface area contributed by atoms with Gasteiger partial charge in [-0.1, -0.05) is 6.92 Å². The first kappa shape index (κ1) is 21.5. The molecule has 0 bridgehead atoms. The number of carbonyl (C=O) groups excluding carboxylic acids is 1. The molecule has 0 saturated carbocycles. The van der Waals surface area contributed by atoms with Gasteiger partial charge in [0.05, 0.1) is 0 Å². The Morgan fingerprint density at radius 1 is 1.25 bits per heavy atom. The molecule has 1 unspecified atom stereocenters. The number of nitrogens with two attached hydrogens (primary N) is 1. The number of nitrogens with zero attached hydrogens (tertiary/aromatic N) is 3. The molecular formula is C17H34IN5O. The van der Waals surface area contributed by atoms with Crippen molar-refractivity contribution in [1.82, 2.24) is 15.1 Å². The molecule has 24 heavy (non-hydrogen) atoms. The van der Waals surface area contributed by atoms with E-state index in [2.05, 4.69) is 27.0 Å². The van der Waals surface area contributed by atoms with Crippen LogP contribution in [-0.2, 0) is 4.79 Å². The standard InChI is InChI=1S/C17H33N5O.HI/c1-14-5-9-21(10-6-14)11-7-20-17(19-2)22-8-3-4-15(13-22)12-16(18)23;/h14-15H,3-13H2,1-2H3,(H2,18,23)(H,19,20);1H. The first-order valence-electron chi connectivity index (χ1n) is 9.04. The molecule has 7 heteroatoms. The van der Waals surface area contributed by atoms with Gasteiger partial charge in [0.15, 0.2) is 5.96 Å². The summed E-state index contributed by atoms with van der Waals surface area (Å²) >= 11 is 0. The van der Waals surface area contributed by atoms with Crippen LogP contribution in [0.2, 0.25) is 0 Å². The number of rotatable bonds is 5. The van der Waals surface area contributed by atoms with Gasteiger partial charge in [-0.3, -0.25) is 9.79 Å². The summed E-state index contributed by atoms with van der Waals surface area (Å²) in [4.78, 5) is 20.4. The average molecular weight is 451 g/mol. The number of primary amides is 1. The molecule has 2 fully saturated rings. The molecule has 0 aromatic carbocycles. The van der Waals surface area contributed by atoms with E-state index in [-0.39, 0.29) is 29.9 Å². The van der Waals surface area contributed by atoms with Crippen molar-refractivity contribution >= 4 is 35.8 Å². The number of guanidine groups is 1. The largest absolute Gasteiger partial charge is 0.370 e. The van der Waals surface area contributed by atoms with Crippen LogP contribution in [-0.4, -0.2) is 68.0 Å². The SMILES string of the molecule is CN=C(NCCN1CCC(C)CC1)N1CCCC(CC(N)=O)C1.I. The third-order valence-electron chi connectivity index (χ3n) is 5.11. The molecule has 1 atom stereocenters. The maximum atomic E-state index is 11.1. The number of nitrogens with one attached hydrogen (secondary N) is 1. The Bertz CT molecular complexity index is 410. The number of carbonyl (C=O) groups is 1. The topological polar surface area (TPSA) is 74.0 Å². The first-order chi connectivity index (χ1) is 11.1. The summed E-state index contributed by atoms with van der Waals surface area (Å²) in [5, 5.41) is 3.49. The molecule has 6 nitrogen and oxygen atoms in total. The molecule has 2 aliphatic rings. The van der Waals surface area contributed by atoms with Crippen molar-refractivity contribution in [2.45, 2.75) is 39.0 Å². The van der Waals surface area contributed by atoms with Crippen molar-refractivity contribution in [3.05, 3.63) is 0 Å². The molecule has 0 aromatic rings. The molecule has 3 N–H and O–H groups in total. The minimum absolute atomic E-state index is 0. The van der Waals surface area contributed by atoms with Crippen LogP contribution in [0, 0.1) is 11.8 Å². The van der Waals surface area contributed by atoms with Crippen LogP contribution in [0.25, 0.3) is 0 Å². The highest BCUT2D eigenvalue weighted by molar-refractivity contribution is 14.0. The third-order valence-corrected chi connectivity index (χ3v) is 5.11. The number of aliphatic imine (C=N–C) groups is 1. The number of hydrogen-bond donors (Lipinski definition) is 2. The highest BCUT2D eigenvalue weighted by Crippen LogP contribution is 2.19. The van der Waals surface area contributed by atoms with Gasteiger partial charge in [-0.15, -0.1) is 24.0 Å². The molecule has 1 amide bonds. The van der Waals surface area contributed by atoms with E-state index in [0.29, 0.717) is 12.3 Å². The van der Waals surface area contributed by atoms with E-state index in [9.17, 15) is 4.79 Å². The summed E-state index contributed by atoms with van der Waals surface area (Å²) in [6.45, 7) is 8.66. The van der Waals surface area contributed by atoms with Gasteiger partial charge in [-0.05, 0) is 50.6 Å². The molecule has 0 aromatic heterocycles. The van der Waals surface area contributed by atoms with Crippen LogP contribution < -0.4 is 11.1 Å². The van der Waals surface area contributed by atoms with E-state index in [4.69, 9.17) is 5.73 Å². The van der Waals surface area contributed by atoms with E-state index in [1.807, 2.05) is 7.05 Å². The molecule has 140 valence electrons. The Morgan fingerprint density at radius 2 is 1.96 bits per heavy atom.